The van der Waals surface area contributed by atoms with Crippen molar-refractivity contribution >= 4 is 38.4 Å². The summed E-state index contributed by atoms with van der Waals surface area (Å²) in [6.07, 6.45) is 1.89. The standard InChI is InChI=1S/C21H22BrN3O4/c1-3-4-11-25-18-10-9-16(28-2)12-17(18)20(21(25)27)24-23-19(26)13-29-15-7-5-14(22)6-8-15/h5-10,12,27H,3-4,11,13H2,1-2H3. The molecule has 1 amide bonds. The topological polar surface area (TPSA) is 85.4 Å². The fraction of sp³-hybridized carbons (Fsp3) is 0.286. The molecule has 0 unspecified atom stereocenters. The number of carbonyl (C=O) groups excluding carboxylic acids is 1. The molecule has 0 bridgehead atoms. The van der Waals surface area contributed by atoms with E-state index < -0.39 is 5.91 Å². The predicted molar refractivity (Wildman–Crippen MR) is 114 cm³/mol. The summed E-state index contributed by atoms with van der Waals surface area (Å²) in [6.45, 7) is 2.47. The lowest BCUT2D eigenvalue weighted by atomic mass is 10.2. The van der Waals surface area contributed by atoms with Crippen LogP contribution in [0.25, 0.3) is 10.9 Å². The summed E-state index contributed by atoms with van der Waals surface area (Å²) in [7, 11) is 1.57. The largest absolute Gasteiger partial charge is 0.497 e. The van der Waals surface area contributed by atoms with Crippen LogP contribution < -0.4 is 9.47 Å². The van der Waals surface area contributed by atoms with E-state index in [0.717, 1.165) is 22.8 Å². The number of hydrogen-bond donors (Lipinski definition) is 1. The van der Waals surface area contributed by atoms with Gasteiger partial charge in [-0.1, -0.05) is 29.3 Å². The third kappa shape index (κ3) is 4.95. The quantitative estimate of drug-likeness (QED) is 0.443. The molecular weight excluding hydrogens is 438 g/mol. The van der Waals surface area contributed by atoms with Crippen molar-refractivity contribution in [2.24, 2.45) is 10.2 Å². The Balaban J connectivity index is 1.82. The van der Waals surface area contributed by atoms with Crippen molar-refractivity contribution in [3.05, 3.63) is 46.9 Å². The number of aromatic hydroxyl groups is 1. The number of fused-ring (bicyclic) bond motifs is 1. The summed E-state index contributed by atoms with van der Waals surface area (Å²) < 4.78 is 13.4. The zero-order valence-corrected chi connectivity index (χ0v) is 17.8. The highest BCUT2D eigenvalue weighted by Gasteiger charge is 2.17. The van der Waals surface area contributed by atoms with E-state index in [-0.39, 0.29) is 18.2 Å². The van der Waals surface area contributed by atoms with Crippen molar-refractivity contribution in [2.75, 3.05) is 13.7 Å². The fourth-order valence-corrected chi connectivity index (χ4v) is 3.15. The fourth-order valence-electron chi connectivity index (χ4n) is 2.88. The second kappa shape index (κ2) is 9.56. The summed E-state index contributed by atoms with van der Waals surface area (Å²) >= 11 is 3.34. The Bertz CT molecular complexity index is 1030. The second-order valence-electron chi connectivity index (χ2n) is 6.40. The van der Waals surface area contributed by atoms with Crippen LogP contribution in [0.2, 0.25) is 0 Å². The molecule has 1 aromatic heterocycles. The summed E-state index contributed by atoms with van der Waals surface area (Å²) in [6, 6.07) is 12.6. The molecule has 152 valence electrons. The van der Waals surface area contributed by atoms with Crippen LogP contribution in [-0.2, 0) is 11.3 Å². The maximum absolute atomic E-state index is 12.1. The van der Waals surface area contributed by atoms with Crippen molar-refractivity contribution in [1.29, 1.82) is 0 Å². The minimum Gasteiger partial charge on any atom is -0.497 e. The van der Waals surface area contributed by atoms with Gasteiger partial charge in [0.05, 0.1) is 12.6 Å². The van der Waals surface area contributed by atoms with E-state index in [1.54, 1.807) is 29.9 Å². The van der Waals surface area contributed by atoms with E-state index in [2.05, 4.69) is 33.1 Å². The van der Waals surface area contributed by atoms with Crippen LogP contribution in [0, 0.1) is 0 Å². The third-order valence-corrected chi connectivity index (χ3v) is 4.92. The molecule has 0 saturated heterocycles. The number of methoxy groups -OCH3 is 1. The highest BCUT2D eigenvalue weighted by molar-refractivity contribution is 9.10. The minimum atomic E-state index is -0.551. The number of azo groups is 1. The predicted octanol–water partition coefficient (Wildman–Crippen LogP) is 5.61. The highest BCUT2D eigenvalue weighted by atomic mass is 79.9. The number of aromatic nitrogens is 1. The smallest absolute Gasteiger partial charge is 0.302 e. The van der Waals surface area contributed by atoms with Crippen molar-refractivity contribution < 1.29 is 19.4 Å². The molecule has 0 atom stereocenters. The Hall–Kier alpha value is -2.87. The van der Waals surface area contributed by atoms with Gasteiger partial charge in [-0.3, -0.25) is 4.79 Å². The zero-order chi connectivity index (χ0) is 20.8. The van der Waals surface area contributed by atoms with Gasteiger partial charge in [-0.2, -0.15) is 0 Å². The van der Waals surface area contributed by atoms with Gasteiger partial charge in [-0.05, 0) is 48.9 Å². The van der Waals surface area contributed by atoms with Gasteiger partial charge >= 0.3 is 5.91 Å². The Morgan fingerprint density at radius 1 is 1.17 bits per heavy atom. The molecule has 7 nitrogen and oxygen atoms in total. The molecule has 29 heavy (non-hydrogen) atoms. The number of unbranched alkanes of at least 4 members (excludes halogenated alkanes) is 1. The Labute approximate surface area is 177 Å². The molecule has 8 heteroatoms. The molecule has 3 aromatic rings. The molecule has 0 aliphatic heterocycles. The van der Waals surface area contributed by atoms with Crippen molar-refractivity contribution in [3.63, 3.8) is 0 Å². The number of halogens is 1. The first-order valence-corrected chi connectivity index (χ1v) is 10.0. The Kier molecular flexibility index (Phi) is 6.87. The van der Waals surface area contributed by atoms with Crippen LogP contribution in [0.5, 0.6) is 17.4 Å². The molecule has 0 radical (unpaired) electrons. The monoisotopic (exact) mass is 459 g/mol. The first kappa shape index (κ1) is 20.9. The third-order valence-electron chi connectivity index (χ3n) is 4.39. The number of hydrogen-bond acceptors (Lipinski definition) is 5. The van der Waals surface area contributed by atoms with Crippen LogP contribution in [0.1, 0.15) is 19.8 Å². The van der Waals surface area contributed by atoms with Gasteiger partial charge in [-0.15, -0.1) is 10.2 Å². The highest BCUT2D eigenvalue weighted by Crippen LogP contribution is 2.40. The van der Waals surface area contributed by atoms with Crippen LogP contribution in [0.15, 0.2) is 57.2 Å². The van der Waals surface area contributed by atoms with E-state index in [1.165, 1.54) is 0 Å². The summed E-state index contributed by atoms with van der Waals surface area (Å²) in [5.41, 5.74) is 1.05. The van der Waals surface area contributed by atoms with Crippen molar-refractivity contribution in [2.45, 2.75) is 26.3 Å². The molecule has 3 rings (SSSR count). The number of aryl methyl sites for hydroxylation is 1. The second-order valence-corrected chi connectivity index (χ2v) is 7.31. The lowest BCUT2D eigenvalue weighted by Crippen LogP contribution is -2.07. The summed E-state index contributed by atoms with van der Waals surface area (Å²) in [5, 5.41) is 19.1. The number of ether oxygens (including phenoxy) is 2. The van der Waals surface area contributed by atoms with Crippen LogP contribution in [0.3, 0.4) is 0 Å². The Morgan fingerprint density at radius 3 is 2.59 bits per heavy atom. The van der Waals surface area contributed by atoms with Gasteiger partial charge < -0.3 is 19.1 Å². The van der Waals surface area contributed by atoms with Crippen LogP contribution in [0.4, 0.5) is 5.69 Å². The van der Waals surface area contributed by atoms with Gasteiger partial charge in [0.15, 0.2) is 12.3 Å². The maximum Gasteiger partial charge on any atom is 0.302 e. The molecule has 1 heterocycles. The summed E-state index contributed by atoms with van der Waals surface area (Å²) in [4.78, 5) is 12.1. The first-order valence-electron chi connectivity index (χ1n) is 9.25. The zero-order valence-electron chi connectivity index (χ0n) is 16.3. The van der Waals surface area contributed by atoms with E-state index >= 15 is 0 Å². The molecule has 0 spiro atoms. The SMILES string of the molecule is CCCCn1c(O)c(N=NC(=O)COc2ccc(Br)cc2)c2cc(OC)ccc21. The molecular formula is C21H22BrN3O4. The van der Waals surface area contributed by atoms with Gasteiger partial charge in [-0.25, -0.2) is 0 Å². The molecule has 0 fully saturated rings. The van der Waals surface area contributed by atoms with Crippen molar-refractivity contribution in [3.8, 4) is 17.4 Å². The minimum absolute atomic E-state index is 0.0212. The lowest BCUT2D eigenvalue weighted by molar-refractivity contribution is -0.120. The Morgan fingerprint density at radius 2 is 1.90 bits per heavy atom. The molecule has 0 aliphatic carbocycles. The van der Waals surface area contributed by atoms with Crippen molar-refractivity contribution in [1.82, 2.24) is 4.57 Å². The van der Waals surface area contributed by atoms with Crippen LogP contribution >= 0.6 is 15.9 Å². The number of carbonyl (C=O) groups is 1. The first-order chi connectivity index (χ1) is 14.0. The van der Waals surface area contributed by atoms with E-state index in [4.69, 9.17) is 9.47 Å². The summed E-state index contributed by atoms with van der Waals surface area (Å²) in [5.74, 6) is 0.615. The van der Waals surface area contributed by atoms with E-state index in [0.29, 0.717) is 23.4 Å². The van der Waals surface area contributed by atoms with E-state index in [9.17, 15) is 9.90 Å². The number of benzene rings is 2. The normalized spacial score (nSPS) is 11.3. The molecule has 0 saturated carbocycles. The molecule has 2 aromatic carbocycles. The average Bonchev–Trinajstić information content (AvgIpc) is 3.00. The molecule has 1 N–H and O–H groups in total. The lowest BCUT2D eigenvalue weighted by Gasteiger charge is -2.05. The van der Waals surface area contributed by atoms with Gasteiger partial charge in [0.2, 0.25) is 5.88 Å². The number of amides is 1. The average molecular weight is 460 g/mol. The number of nitrogens with zero attached hydrogens (tertiary/aromatic N) is 3. The van der Waals surface area contributed by atoms with Gasteiger partial charge in [0, 0.05) is 16.4 Å². The van der Waals surface area contributed by atoms with Gasteiger partial charge in [0.25, 0.3) is 0 Å². The molecule has 0 aliphatic rings. The van der Waals surface area contributed by atoms with Gasteiger partial charge in [0.1, 0.15) is 11.5 Å². The maximum atomic E-state index is 12.1. The van der Waals surface area contributed by atoms with E-state index in [1.807, 2.05) is 24.3 Å². The van der Waals surface area contributed by atoms with Crippen LogP contribution in [-0.4, -0.2) is 29.3 Å². The number of rotatable bonds is 8.